The summed E-state index contributed by atoms with van der Waals surface area (Å²) in [5, 5.41) is 14.7. The van der Waals surface area contributed by atoms with E-state index < -0.39 is 72.1 Å². The van der Waals surface area contributed by atoms with E-state index in [4.69, 9.17) is 34.2 Å². The van der Waals surface area contributed by atoms with E-state index in [9.17, 15) is 24.4 Å². The zero-order valence-corrected chi connectivity index (χ0v) is 24.6. The number of hydrogen-bond acceptors (Lipinski definition) is 15. The highest BCUT2D eigenvalue weighted by Gasteiger charge is 2.63. The van der Waals surface area contributed by atoms with Crippen molar-refractivity contribution >= 4 is 35.4 Å². The van der Waals surface area contributed by atoms with Gasteiger partial charge < -0.3 is 34.2 Å². The lowest BCUT2D eigenvalue weighted by Crippen LogP contribution is -2.47. The molecule has 4 rings (SSSR count). The Morgan fingerprint density at radius 3 is 2.53 bits per heavy atom. The van der Waals surface area contributed by atoms with Gasteiger partial charge >= 0.3 is 24.1 Å². The molecule has 43 heavy (non-hydrogen) atoms. The SMILES string of the molecule is COC(=O)[C@H](C(C)OC(=O)OC[C@H]1O[C@@](C#N)(c2ccc3c(N)ncnn23)[C@@H]2OC(=O)CC(C)(C)CC(=O)O[C@@H]21)N(C)C. The Morgan fingerprint density at radius 2 is 1.91 bits per heavy atom. The van der Waals surface area contributed by atoms with Gasteiger partial charge in [-0.1, -0.05) is 13.8 Å². The number of fused-ring (bicyclic) bond motifs is 2. The molecule has 2 fully saturated rings. The standard InChI is InChI=1S/C27H34N6O10/c1-14(20(32(4)5)24(36)38-6)40-25(37)39-11-16-21-22(42-19(35)10-26(2,3)9-18(34)41-21)27(12-28,43-16)17-8-7-15-23(29)30-13-31-33(15)17/h7-8,13-14,16,20-22H,9-11H2,1-6H3,(H2,29,30,31)/t14?,16-,20+,21-,22-,27+/m1/s1. The maximum absolute atomic E-state index is 13.1. The third-order valence-electron chi connectivity index (χ3n) is 7.29. The molecule has 0 bridgehead atoms. The van der Waals surface area contributed by atoms with Crippen molar-refractivity contribution in [2.24, 2.45) is 5.41 Å². The van der Waals surface area contributed by atoms with Gasteiger partial charge in [0.05, 0.1) is 25.6 Å². The normalized spacial score (nSPS) is 26.5. The molecule has 2 aromatic rings. The van der Waals surface area contributed by atoms with Gasteiger partial charge in [-0.05, 0) is 38.6 Å². The molecule has 0 amide bonds. The molecule has 6 atom stereocenters. The summed E-state index contributed by atoms with van der Waals surface area (Å²) in [5.74, 6) is -1.88. The van der Waals surface area contributed by atoms with Crippen molar-refractivity contribution in [2.75, 3.05) is 33.5 Å². The number of anilines is 1. The molecule has 16 heteroatoms. The van der Waals surface area contributed by atoms with Crippen LogP contribution in [-0.2, 0) is 48.4 Å². The number of nitrogens with zero attached hydrogens (tertiary/aromatic N) is 5. The van der Waals surface area contributed by atoms with Gasteiger partial charge in [-0.15, -0.1) is 0 Å². The first kappa shape index (κ1) is 31.4. The van der Waals surface area contributed by atoms with Crippen LogP contribution in [0.5, 0.6) is 0 Å². The van der Waals surface area contributed by atoms with E-state index in [1.165, 1.54) is 35.8 Å². The highest BCUT2D eigenvalue weighted by Crippen LogP contribution is 2.45. The van der Waals surface area contributed by atoms with Crippen LogP contribution in [0.25, 0.3) is 5.52 Å². The molecule has 0 aliphatic carbocycles. The third kappa shape index (κ3) is 6.18. The lowest BCUT2D eigenvalue weighted by atomic mass is 9.86. The zero-order valence-electron chi connectivity index (χ0n) is 24.6. The van der Waals surface area contributed by atoms with Crippen molar-refractivity contribution in [3.8, 4) is 6.07 Å². The van der Waals surface area contributed by atoms with Crippen LogP contribution >= 0.6 is 0 Å². The highest BCUT2D eigenvalue weighted by molar-refractivity contribution is 5.77. The van der Waals surface area contributed by atoms with E-state index in [1.807, 2.05) is 0 Å². The zero-order chi connectivity index (χ0) is 31.7. The van der Waals surface area contributed by atoms with E-state index in [0.717, 1.165) is 0 Å². The molecule has 232 valence electrons. The molecule has 1 unspecified atom stereocenters. The Bertz CT molecular complexity index is 1450. The number of carbonyl (C=O) groups excluding carboxylic acids is 4. The summed E-state index contributed by atoms with van der Waals surface area (Å²) in [7, 11) is 4.43. The van der Waals surface area contributed by atoms with Crippen LogP contribution in [0.4, 0.5) is 10.6 Å². The van der Waals surface area contributed by atoms with Crippen molar-refractivity contribution in [2.45, 2.75) is 69.7 Å². The van der Waals surface area contributed by atoms with Crippen LogP contribution in [0, 0.1) is 16.7 Å². The van der Waals surface area contributed by atoms with E-state index >= 15 is 0 Å². The average Bonchev–Trinajstić information content (AvgIpc) is 3.48. The number of esters is 3. The summed E-state index contributed by atoms with van der Waals surface area (Å²) in [6.45, 7) is 4.32. The lowest BCUT2D eigenvalue weighted by Gasteiger charge is -2.28. The molecular weight excluding hydrogens is 568 g/mol. The first-order chi connectivity index (χ1) is 20.2. The summed E-state index contributed by atoms with van der Waals surface area (Å²) < 4.78 is 34.4. The summed E-state index contributed by atoms with van der Waals surface area (Å²) in [6.07, 6.45) is -5.39. The van der Waals surface area contributed by atoms with Crippen LogP contribution in [0.15, 0.2) is 18.5 Å². The fraction of sp³-hybridized carbons (Fsp3) is 0.593. The molecule has 16 nitrogen and oxygen atoms in total. The minimum atomic E-state index is -2.07. The Morgan fingerprint density at radius 1 is 1.23 bits per heavy atom. The summed E-state index contributed by atoms with van der Waals surface area (Å²) in [5.41, 5.74) is 3.56. The van der Waals surface area contributed by atoms with Gasteiger partial charge in [-0.3, -0.25) is 19.3 Å². The van der Waals surface area contributed by atoms with Gasteiger partial charge in [0.25, 0.3) is 0 Å². The van der Waals surface area contributed by atoms with Crippen LogP contribution in [0.3, 0.4) is 0 Å². The number of hydrogen-bond donors (Lipinski definition) is 1. The monoisotopic (exact) mass is 602 g/mol. The van der Waals surface area contributed by atoms with Crippen molar-refractivity contribution in [3.63, 3.8) is 0 Å². The Labute approximate surface area is 246 Å². The highest BCUT2D eigenvalue weighted by atomic mass is 16.7. The second kappa shape index (κ2) is 12.0. The molecule has 2 aromatic heterocycles. The topological polar surface area (TPSA) is 207 Å². The summed E-state index contributed by atoms with van der Waals surface area (Å²) >= 11 is 0. The fourth-order valence-electron chi connectivity index (χ4n) is 5.37. The Hall–Kier alpha value is -4.49. The van der Waals surface area contributed by atoms with Crippen LogP contribution in [0.1, 0.15) is 39.3 Å². The van der Waals surface area contributed by atoms with Crippen molar-refractivity contribution in [1.29, 1.82) is 5.26 Å². The molecule has 0 radical (unpaired) electrons. The van der Waals surface area contributed by atoms with Crippen LogP contribution in [0.2, 0.25) is 0 Å². The average molecular weight is 603 g/mol. The number of nitrogen functional groups attached to an aromatic ring is 1. The minimum Gasteiger partial charge on any atom is -0.468 e. The number of ether oxygens (including phenoxy) is 6. The van der Waals surface area contributed by atoms with Crippen molar-refractivity contribution in [3.05, 3.63) is 24.2 Å². The number of nitrogens with two attached hydrogens (primary N) is 1. The molecule has 2 aliphatic heterocycles. The Kier molecular flexibility index (Phi) is 8.79. The fourth-order valence-corrected chi connectivity index (χ4v) is 5.37. The smallest absolute Gasteiger partial charge is 0.468 e. The van der Waals surface area contributed by atoms with Gasteiger partial charge in [0.15, 0.2) is 18.0 Å². The predicted molar refractivity (Wildman–Crippen MR) is 144 cm³/mol. The number of rotatable bonds is 7. The van der Waals surface area contributed by atoms with E-state index in [0.29, 0.717) is 5.52 Å². The van der Waals surface area contributed by atoms with Crippen molar-refractivity contribution < 1.29 is 47.6 Å². The number of nitriles is 1. The van der Waals surface area contributed by atoms with E-state index in [2.05, 4.69) is 16.2 Å². The number of carbonyl (C=O) groups is 4. The quantitative estimate of drug-likeness (QED) is 0.342. The first-order valence-electron chi connectivity index (χ1n) is 13.4. The van der Waals surface area contributed by atoms with E-state index in [-0.39, 0.29) is 24.4 Å². The first-order valence-corrected chi connectivity index (χ1v) is 13.4. The molecule has 0 saturated carbocycles. The molecule has 0 spiro atoms. The van der Waals surface area contributed by atoms with Crippen LogP contribution in [-0.4, -0.2) is 102 Å². The molecule has 4 heterocycles. The van der Waals surface area contributed by atoms with Gasteiger partial charge in [0.1, 0.15) is 42.8 Å². The number of methoxy groups -OCH3 is 1. The summed E-state index contributed by atoms with van der Waals surface area (Å²) in [6, 6.07) is 4.20. The van der Waals surface area contributed by atoms with Gasteiger partial charge in [0, 0.05) is 0 Å². The molecule has 2 N–H and O–H groups in total. The number of likely N-dealkylation sites (N-methyl/N-ethyl adjacent to an activating group) is 1. The molecule has 2 saturated heterocycles. The summed E-state index contributed by atoms with van der Waals surface area (Å²) in [4.78, 5) is 56.4. The third-order valence-corrected chi connectivity index (χ3v) is 7.29. The predicted octanol–water partition coefficient (Wildman–Crippen LogP) is 0.718. The largest absolute Gasteiger partial charge is 0.508 e. The lowest BCUT2D eigenvalue weighted by molar-refractivity contribution is -0.166. The second-order valence-electron chi connectivity index (χ2n) is 11.4. The van der Waals surface area contributed by atoms with Gasteiger partial charge in [-0.2, -0.15) is 10.4 Å². The maximum atomic E-state index is 13.1. The van der Waals surface area contributed by atoms with E-state index in [1.54, 1.807) is 34.0 Å². The van der Waals surface area contributed by atoms with Crippen molar-refractivity contribution in [1.82, 2.24) is 19.5 Å². The number of aromatic nitrogens is 3. The molecule has 0 aromatic carbocycles. The van der Waals surface area contributed by atoms with Gasteiger partial charge in [0.2, 0.25) is 5.60 Å². The minimum absolute atomic E-state index is 0.113. The van der Waals surface area contributed by atoms with Gasteiger partial charge in [-0.25, -0.2) is 14.3 Å². The van der Waals surface area contributed by atoms with Crippen LogP contribution < -0.4 is 5.73 Å². The maximum Gasteiger partial charge on any atom is 0.508 e. The molecule has 2 aliphatic rings. The Balaban J connectivity index is 1.67. The molecular formula is C27H34N6O10. The second-order valence-corrected chi connectivity index (χ2v) is 11.4.